The molecule has 2 heterocycles. The molecule has 1 aromatic rings. The van der Waals surface area contributed by atoms with Gasteiger partial charge in [-0.1, -0.05) is 25.7 Å². The average molecular weight is 321 g/mol. The average Bonchev–Trinajstić information content (AvgIpc) is 2.84. The topological polar surface area (TPSA) is 54.0 Å². The first-order valence-corrected chi connectivity index (χ1v) is 9.59. The van der Waals surface area contributed by atoms with Gasteiger partial charge in [-0.2, -0.15) is 0 Å². The van der Waals surface area contributed by atoms with Crippen molar-refractivity contribution in [3.63, 3.8) is 0 Å². The number of amides is 1. The number of hydrogen-bond acceptors (Lipinski definition) is 4. The number of anilines is 1. The van der Waals surface area contributed by atoms with E-state index in [2.05, 4.69) is 15.6 Å². The molecule has 2 aliphatic rings. The summed E-state index contributed by atoms with van der Waals surface area (Å²) in [6, 6.07) is 0. The van der Waals surface area contributed by atoms with E-state index in [0.717, 1.165) is 18.2 Å². The molecule has 1 saturated heterocycles. The summed E-state index contributed by atoms with van der Waals surface area (Å²) in [5.41, 5.74) is 0. The van der Waals surface area contributed by atoms with Crippen LogP contribution in [0.3, 0.4) is 0 Å². The van der Waals surface area contributed by atoms with Crippen LogP contribution in [0.2, 0.25) is 0 Å². The Bertz CT molecular complexity index is 474. The maximum Gasteiger partial charge on any atom is 0.226 e. The largest absolute Gasteiger partial charge is 0.317 e. The molecule has 0 radical (unpaired) electrons. The third kappa shape index (κ3) is 4.53. The Morgan fingerprint density at radius 2 is 1.91 bits per heavy atom. The number of rotatable bonds is 4. The van der Waals surface area contributed by atoms with E-state index >= 15 is 0 Å². The maximum absolute atomic E-state index is 12.2. The van der Waals surface area contributed by atoms with Crippen molar-refractivity contribution in [3.8, 4) is 0 Å². The third-order valence-electron chi connectivity index (χ3n) is 4.96. The Morgan fingerprint density at radius 1 is 1.18 bits per heavy atom. The van der Waals surface area contributed by atoms with Crippen LogP contribution >= 0.6 is 11.3 Å². The molecule has 2 fully saturated rings. The molecule has 5 heteroatoms. The highest BCUT2D eigenvalue weighted by Gasteiger charge is 2.20. The highest BCUT2D eigenvalue weighted by atomic mass is 32.1. The number of aromatic nitrogens is 1. The minimum absolute atomic E-state index is 0.151. The molecule has 1 saturated carbocycles. The van der Waals surface area contributed by atoms with E-state index < -0.39 is 0 Å². The summed E-state index contributed by atoms with van der Waals surface area (Å²) in [6.45, 7) is 2.18. The minimum atomic E-state index is 0.151. The van der Waals surface area contributed by atoms with Crippen molar-refractivity contribution in [2.24, 2.45) is 5.92 Å². The molecule has 4 nitrogen and oxygen atoms in total. The molecule has 1 aliphatic carbocycles. The van der Waals surface area contributed by atoms with Crippen LogP contribution in [0.25, 0.3) is 0 Å². The van der Waals surface area contributed by atoms with Gasteiger partial charge in [0.25, 0.3) is 0 Å². The monoisotopic (exact) mass is 321 g/mol. The molecule has 1 aromatic heterocycles. The lowest BCUT2D eigenvalue weighted by atomic mass is 9.96. The summed E-state index contributed by atoms with van der Waals surface area (Å²) < 4.78 is 0. The predicted octanol–water partition coefficient (Wildman–Crippen LogP) is 3.91. The van der Waals surface area contributed by atoms with Crippen molar-refractivity contribution in [1.29, 1.82) is 0 Å². The summed E-state index contributed by atoms with van der Waals surface area (Å²) in [4.78, 5) is 18.0. The van der Waals surface area contributed by atoms with Gasteiger partial charge in [-0.15, -0.1) is 11.3 Å². The molecule has 122 valence electrons. The van der Waals surface area contributed by atoms with Gasteiger partial charge in [0.1, 0.15) is 0 Å². The van der Waals surface area contributed by atoms with Crippen LogP contribution in [-0.4, -0.2) is 24.0 Å². The van der Waals surface area contributed by atoms with Crippen molar-refractivity contribution >= 4 is 22.4 Å². The van der Waals surface area contributed by atoms with Gasteiger partial charge in [0.2, 0.25) is 5.91 Å². The van der Waals surface area contributed by atoms with E-state index in [4.69, 9.17) is 0 Å². The molecular formula is C17H27N3OS. The Kier molecular flexibility index (Phi) is 5.84. The summed E-state index contributed by atoms with van der Waals surface area (Å²) >= 11 is 1.66. The lowest BCUT2D eigenvalue weighted by molar-refractivity contribution is -0.117. The number of hydrogen-bond donors (Lipinski definition) is 2. The summed E-state index contributed by atoms with van der Waals surface area (Å²) in [6.07, 6.45) is 12.7. The van der Waals surface area contributed by atoms with E-state index in [9.17, 15) is 4.79 Å². The smallest absolute Gasteiger partial charge is 0.226 e. The Morgan fingerprint density at radius 3 is 2.64 bits per heavy atom. The van der Waals surface area contributed by atoms with E-state index in [0.29, 0.717) is 18.3 Å². The van der Waals surface area contributed by atoms with Crippen LogP contribution in [-0.2, 0) is 4.79 Å². The summed E-state index contributed by atoms with van der Waals surface area (Å²) in [5.74, 6) is 1.34. The van der Waals surface area contributed by atoms with Crippen LogP contribution in [0.1, 0.15) is 68.6 Å². The van der Waals surface area contributed by atoms with Crippen molar-refractivity contribution in [2.45, 2.75) is 63.7 Å². The molecular weight excluding hydrogens is 294 g/mol. The SMILES string of the molecule is O=C(CC1CCCCCC1)Nc1ncc(C2CCNCC2)s1. The molecule has 2 N–H and O–H groups in total. The van der Waals surface area contributed by atoms with Crippen molar-refractivity contribution in [3.05, 3.63) is 11.1 Å². The van der Waals surface area contributed by atoms with Crippen LogP contribution in [0, 0.1) is 5.92 Å². The quantitative estimate of drug-likeness (QED) is 0.827. The standard InChI is InChI=1S/C17H27N3OS/c21-16(11-13-5-3-1-2-4-6-13)20-17-19-12-15(22-17)14-7-9-18-10-8-14/h12-14,18H,1-11H2,(H,19,20,21). The first-order valence-electron chi connectivity index (χ1n) is 8.77. The van der Waals surface area contributed by atoms with Gasteiger partial charge in [-0.3, -0.25) is 4.79 Å². The van der Waals surface area contributed by atoms with Crippen LogP contribution in [0.4, 0.5) is 5.13 Å². The van der Waals surface area contributed by atoms with Crippen LogP contribution < -0.4 is 10.6 Å². The fourth-order valence-corrected chi connectivity index (χ4v) is 4.64. The van der Waals surface area contributed by atoms with Crippen molar-refractivity contribution < 1.29 is 4.79 Å². The number of piperidine rings is 1. The van der Waals surface area contributed by atoms with Gasteiger partial charge in [0.15, 0.2) is 5.13 Å². The van der Waals surface area contributed by atoms with Gasteiger partial charge in [0, 0.05) is 17.5 Å². The van der Waals surface area contributed by atoms with Crippen LogP contribution in [0.5, 0.6) is 0 Å². The molecule has 0 bridgehead atoms. The van der Waals surface area contributed by atoms with Crippen molar-refractivity contribution in [1.82, 2.24) is 10.3 Å². The molecule has 1 aliphatic heterocycles. The Labute approximate surface area is 137 Å². The molecule has 0 spiro atoms. The third-order valence-corrected chi connectivity index (χ3v) is 6.04. The van der Waals surface area contributed by atoms with Gasteiger partial charge in [-0.25, -0.2) is 4.98 Å². The zero-order chi connectivity index (χ0) is 15.2. The molecule has 0 atom stereocenters. The Balaban J connectivity index is 1.49. The highest BCUT2D eigenvalue weighted by Crippen LogP contribution is 2.32. The van der Waals surface area contributed by atoms with Crippen molar-refractivity contribution in [2.75, 3.05) is 18.4 Å². The Hall–Kier alpha value is -0.940. The molecule has 3 rings (SSSR count). The second-order valence-electron chi connectivity index (χ2n) is 6.70. The first-order chi connectivity index (χ1) is 10.8. The number of nitrogens with one attached hydrogen (secondary N) is 2. The fourth-order valence-electron chi connectivity index (χ4n) is 3.64. The zero-order valence-electron chi connectivity index (χ0n) is 13.3. The van der Waals surface area contributed by atoms with E-state index in [1.54, 1.807) is 11.3 Å². The number of carbonyl (C=O) groups excluding carboxylic acids is 1. The van der Waals surface area contributed by atoms with E-state index in [1.807, 2.05) is 6.20 Å². The molecule has 22 heavy (non-hydrogen) atoms. The number of thiazole rings is 1. The second-order valence-corrected chi connectivity index (χ2v) is 7.76. The van der Waals surface area contributed by atoms with Gasteiger partial charge in [-0.05, 0) is 50.6 Å². The number of nitrogens with zero attached hydrogens (tertiary/aromatic N) is 1. The highest BCUT2D eigenvalue weighted by molar-refractivity contribution is 7.15. The van der Waals surface area contributed by atoms with Gasteiger partial charge in [0.05, 0.1) is 0 Å². The molecule has 1 amide bonds. The normalized spacial score (nSPS) is 21.5. The van der Waals surface area contributed by atoms with Gasteiger partial charge >= 0.3 is 0 Å². The van der Waals surface area contributed by atoms with E-state index in [-0.39, 0.29) is 5.91 Å². The molecule has 0 aromatic carbocycles. The van der Waals surface area contributed by atoms with Gasteiger partial charge < -0.3 is 10.6 Å². The lowest BCUT2D eigenvalue weighted by Gasteiger charge is -2.20. The molecule has 0 unspecified atom stereocenters. The lowest BCUT2D eigenvalue weighted by Crippen LogP contribution is -2.26. The summed E-state index contributed by atoms with van der Waals surface area (Å²) in [7, 11) is 0. The fraction of sp³-hybridized carbons (Fsp3) is 0.765. The maximum atomic E-state index is 12.2. The predicted molar refractivity (Wildman–Crippen MR) is 91.4 cm³/mol. The number of carbonyl (C=O) groups is 1. The summed E-state index contributed by atoms with van der Waals surface area (Å²) in [5, 5.41) is 7.19. The van der Waals surface area contributed by atoms with Crippen LogP contribution in [0.15, 0.2) is 6.20 Å². The minimum Gasteiger partial charge on any atom is -0.317 e. The second kappa shape index (κ2) is 8.06. The zero-order valence-corrected chi connectivity index (χ0v) is 14.1. The van der Waals surface area contributed by atoms with E-state index in [1.165, 1.54) is 56.2 Å². The first kappa shape index (κ1) is 15.9.